The molecule has 1 N–H and O–H groups in total. The molecule has 0 saturated carbocycles. The van der Waals surface area contributed by atoms with Gasteiger partial charge in [0.25, 0.3) is 0 Å². The third kappa shape index (κ3) is 1.44. The zero-order valence-corrected chi connectivity index (χ0v) is 8.04. The third-order valence-corrected chi connectivity index (χ3v) is 2.39. The monoisotopic (exact) mass is 174 g/mol. The van der Waals surface area contributed by atoms with E-state index in [4.69, 9.17) is 0 Å². The summed E-state index contributed by atoms with van der Waals surface area (Å²) in [6, 6.07) is 2.12. The molecule has 0 fully saturated rings. The van der Waals surface area contributed by atoms with Crippen LogP contribution in [0.1, 0.15) is 36.6 Å². The van der Waals surface area contributed by atoms with Crippen molar-refractivity contribution >= 4 is 6.08 Å². The van der Waals surface area contributed by atoms with E-state index < -0.39 is 0 Å². The predicted molar refractivity (Wildman–Crippen MR) is 54.2 cm³/mol. The summed E-state index contributed by atoms with van der Waals surface area (Å²) in [4.78, 5) is 4.34. The highest BCUT2D eigenvalue weighted by Gasteiger charge is 2.11. The number of fused-ring (bicyclic) bond motifs is 1. The maximum absolute atomic E-state index is 4.34. The summed E-state index contributed by atoms with van der Waals surface area (Å²) in [5.74, 6) is 0.574. The molecule has 1 aromatic heterocycles. The lowest BCUT2D eigenvalue weighted by atomic mass is 9.96. The van der Waals surface area contributed by atoms with E-state index in [1.54, 1.807) is 0 Å². The quantitative estimate of drug-likeness (QED) is 0.706. The van der Waals surface area contributed by atoms with Crippen molar-refractivity contribution in [1.29, 1.82) is 0 Å². The standard InChI is InChI=1S/C11H14N2/c1-8(2)9-3-6-13-11-4-5-12-7-10(9)11/h3-6,8,12H,7H2,1-2H3. The van der Waals surface area contributed by atoms with Crippen LogP contribution in [0.4, 0.5) is 0 Å². The summed E-state index contributed by atoms with van der Waals surface area (Å²) < 4.78 is 0. The maximum Gasteiger partial charge on any atom is 0.0696 e. The maximum atomic E-state index is 4.34. The fourth-order valence-corrected chi connectivity index (χ4v) is 1.70. The molecule has 2 heteroatoms. The number of pyridine rings is 1. The molecule has 0 amide bonds. The lowest BCUT2D eigenvalue weighted by molar-refractivity contribution is 0.784. The van der Waals surface area contributed by atoms with Gasteiger partial charge in [0.05, 0.1) is 5.69 Å². The lowest BCUT2D eigenvalue weighted by Gasteiger charge is -2.17. The summed E-state index contributed by atoms with van der Waals surface area (Å²) in [7, 11) is 0. The van der Waals surface area contributed by atoms with Crippen molar-refractivity contribution < 1.29 is 0 Å². The van der Waals surface area contributed by atoms with Crippen LogP contribution in [0.3, 0.4) is 0 Å². The molecular formula is C11H14N2. The van der Waals surface area contributed by atoms with Crippen molar-refractivity contribution in [3.05, 3.63) is 35.3 Å². The summed E-state index contributed by atoms with van der Waals surface area (Å²) in [6.45, 7) is 5.34. The lowest BCUT2D eigenvalue weighted by Crippen LogP contribution is -2.14. The summed E-state index contributed by atoms with van der Waals surface area (Å²) in [6.07, 6.45) is 5.88. The zero-order chi connectivity index (χ0) is 9.26. The minimum atomic E-state index is 0.574. The Labute approximate surface area is 78.7 Å². The van der Waals surface area contributed by atoms with Crippen LogP contribution in [0.5, 0.6) is 0 Å². The van der Waals surface area contributed by atoms with Crippen LogP contribution >= 0.6 is 0 Å². The van der Waals surface area contributed by atoms with Crippen LogP contribution in [-0.2, 0) is 6.54 Å². The molecular weight excluding hydrogens is 160 g/mol. The van der Waals surface area contributed by atoms with Gasteiger partial charge >= 0.3 is 0 Å². The smallest absolute Gasteiger partial charge is 0.0696 e. The van der Waals surface area contributed by atoms with E-state index in [1.165, 1.54) is 11.1 Å². The molecule has 0 atom stereocenters. The van der Waals surface area contributed by atoms with Gasteiger partial charge < -0.3 is 5.32 Å². The summed E-state index contributed by atoms with van der Waals surface area (Å²) in [5.41, 5.74) is 3.87. The first-order valence-corrected chi connectivity index (χ1v) is 4.66. The molecule has 68 valence electrons. The highest BCUT2D eigenvalue weighted by Crippen LogP contribution is 2.23. The fourth-order valence-electron chi connectivity index (χ4n) is 1.70. The minimum absolute atomic E-state index is 0.574. The first-order valence-electron chi connectivity index (χ1n) is 4.66. The van der Waals surface area contributed by atoms with Gasteiger partial charge in [0.1, 0.15) is 0 Å². The van der Waals surface area contributed by atoms with Crippen LogP contribution in [0.25, 0.3) is 6.08 Å². The predicted octanol–water partition coefficient (Wildman–Crippen LogP) is 2.28. The summed E-state index contributed by atoms with van der Waals surface area (Å²) in [5, 5.41) is 3.22. The van der Waals surface area contributed by atoms with Crippen molar-refractivity contribution in [3.63, 3.8) is 0 Å². The molecule has 2 heterocycles. The van der Waals surface area contributed by atoms with Crippen LogP contribution in [0.15, 0.2) is 18.5 Å². The molecule has 0 bridgehead atoms. The molecule has 2 rings (SSSR count). The zero-order valence-electron chi connectivity index (χ0n) is 8.04. The highest BCUT2D eigenvalue weighted by molar-refractivity contribution is 5.54. The van der Waals surface area contributed by atoms with Crippen molar-refractivity contribution in [2.45, 2.75) is 26.3 Å². The van der Waals surface area contributed by atoms with E-state index in [-0.39, 0.29) is 0 Å². The van der Waals surface area contributed by atoms with E-state index >= 15 is 0 Å². The highest BCUT2D eigenvalue weighted by atomic mass is 14.9. The molecule has 13 heavy (non-hydrogen) atoms. The molecule has 1 aliphatic heterocycles. The molecule has 0 saturated heterocycles. The normalized spacial score (nSPS) is 14.1. The van der Waals surface area contributed by atoms with Gasteiger partial charge in [-0.25, -0.2) is 0 Å². The first-order chi connectivity index (χ1) is 6.29. The van der Waals surface area contributed by atoms with E-state index in [2.05, 4.69) is 30.2 Å². The van der Waals surface area contributed by atoms with Gasteiger partial charge in [-0.15, -0.1) is 0 Å². The minimum Gasteiger partial charge on any atom is -0.387 e. The average Bonchev–Trinajstić information content (AvgIpc) is 2.17. The Morgan fingerprint density at radius 2 is 2.31 bits per heavy atom. The Morgan fingerprint density at radius 1 is 1.46 bits per heavy atom. The van der Waals surface area contributed by atoms with Crippen LogP contribution < -0.4 is 5.32 Å². The Morgan fingerprint density at radius 3 is 3.08 bits per heavy atom. The van der Waals surface area contributed by atoms with Gasteiger partial charge in [0, 0.05) is 18.3 Å². The first kappa shape index (κ1) is 8.30. The van der Waals surface area contributed by atoms with Crippen molar-refractivity contribution in [1.82, 2.24) is 10.3 Å². The van der Waals surface area contributed by atoms with Gasteiger partial charge in [-0.2, -0.15) is 0 Å². The molecule has 0 unspecified atom stereocenters. The summed E-state index contributed by atoms with van der Waals surface area (Å²) >= 11 is 0. The SMILES string of the molecule is CC(C)c1ccnc2c1CNC=C2. The van der Waals surface area contributed by atoms with Gasteiger partial charge in [-0.1, -0.05) is 13.8 Å². The van der Waals surface area contributed by atoms with Crippen LogP contribution in [0.2, 0.25) is 0 Å². The second-order valence-corrected chi connectivity index (χ2v) is 3.63. The number of aromatic nitrogens is 1. The average molecular weight is 174 g/mol. The van der Waals surface area contributed by atoms with Gasteiger partial charge in [0.15, 0.2) is 0 Å². The van der Waals surface area contributed by atoms with Gasteiger partial charge in [0.2, 0.25) is 0 Å². The van der Waals surface area contributed by atoms with E-state index in [0.717, 1.165) is 12.2 Å². The molecule has 1 aliphatic rings. The molecule has 0 aliphatic carbocycles. The number of nitrogens with zero attached hydrogens (tertiary/aromatic N) is 1. The van der Waals surface area contributed by atoms with Crippen molar-refractivity contribution in [3.8, 4) is 0 Å². The van der Waals surface area contributed by atoms with Gasteiger partial charge in [-0.05, 0) is 29.8 Å². The number of hydrogen-bond acceptors (Lipinski definition) is 2. The second kappa shape index (κ2) is 3.21. The van der Waals surface area contributed by atoms with Gasteiger partial charge in [-0.3, -0.25) is 4.98 Å². The molecule has 1 aromatic rings. The van der Waals surface area contributed by atoms with E-state index in [9.17, 15) is 0 Å². The number of rotatable bonds is 1. The van der Waals surface area contributed by atoms with E-state index in [0.29, 0.717) is 5.92 Å². The Kier molecular flexibility index (Phi) is 2.05. The number of nitrogens with one attached hydrogen (secondary N) is 1. The molecule has 0 aromatic carbocycles. The topological polar surface area (TPSA) is 24.9 Å². The van der Waals surface area contributed by atoms with Crippen LogP contribution in [0, 0.1) is 0 Å². The fraction of sp³-hybridized carbons (Fsp3) is 0.364. The molecule has 2 nitrogen and oxygen atoms in total. The van der Waals surface area contributed by atoms with E-state index in [1.807, 2.05) is 18.5 Å². The Balaban J connectivity index is 2.53. The van der Waals surface area contributed by atoms with Crippen molar-refractivity contribution in [2.24, 2.45) is 0 Å². The Hall–Kier alpha value is -1.31. The number of hydrogen-bond donors (Lipinski definition) is 1. The second-order valence-electron chi connectivity index (χ2n) is 3.63. The molecule has 0 spiro atoms. The Bertz CT molecular complexity index is 340. The van der Waals surface area contributed by atoms with Crippen molar-refractivity contribution in [2.75, 3.05) is 0 Å². The molecule has 0 radical (unpaired) electrons. The third-order valence-electron chi connectivity index (χ3n) is 2.39. The largest absolute Gasteiger partial charge is 0.387 e. The van der Waals surface area contributed by atoms with Crippen LogP contribution in [-0.4, -0.2) is 4.98 Å².